The van der Waals surface area contributed by atoms with E-state index in [1.807, 2.05) is 36.4 Å². The van der Waals surface area contributed by atoms with Gasteiger partial charge in [0, 0.05) is 19.1 Å². The van der Waals surface area contributed by atoms with E-state index in [0.29, 0.717) is 12.6 Å². The molecule has 0 radical (unpaired) electrons. The summed E-state index contributed by atoms with van der Waals surface area (Å²) in [7, 11) is 0. The lowest BCUT2D eigenvalue weighted by Gasteiger charge is -2.28. The average Bonchev–Trinajstić information content (AvgIpc) is 3.08. The molecule has 3 N–H and O–H groups in total. The molecule has 2 aromatic rings. The monoisotopic (exact) mass is 337 g/mol. The second-order valence-electron chi connectivity index (χ2n) is 7.03. The summed E-state index contributed by atoms with van der Waals surface area (Å²) in [6, 6.07) is 20.4. The number of amides is 1. The molecule has 1 aliphatic heterocycles. The first-order valence-corrected chi connectivity index (χ1v) is 8.98. The summed E-state index contributed by atoms with van der Waals surface area (Å²) in [6.07, 6.45) is 2.28. The summed E-state index contributed by atoms with van der Waals surface area (Å²) in [5.41, 5.74) is 7.44. The molecule has 0 aliphatic carbocycles. The number of benzene rings is 2. The van der Waals surface area contributed by atoms with E-state index >= 15 is 0 Å². The second kappa shape index (κ2) is 7.81. The zero-order chi connectivity index (χ0) is 17.7. The van der Waals surface area contributed by atoms with Crippen LogP contribution in [0, 0.1) is 0 Å². The van der Waals surface area contributed by atoms with E-state index in [1.165, 1.54) is 12.0 Å². The number of hydrogen-bond acceptors (Lipinski definition) is 3. The molecule has 1 saturated heterocycles. The molecule has 2 aromatic carbocycles. The molecule has 2 unspecified atom stereocenters. The molecule has 4 heteroatoms. The van der Waals surface area contributed by atoms with Crippen LogP contribution < -0.4 is 11.1 Å². The summed E-state index contributed by atoms with van der Waals surface area (Å²) in [4.78, 5) is 15.1. The Balaban J connectivity index is 1.57. The minimum absolute atomic E-state index is 0.120. The highest BCUT2D eigenvalue weighted by molar-refractivity contribution is 5.87. The van der Waals surface area contributed by atoms with E-state index in [-0.39, 0.29) is 5.91 Å². The summed E-state index contributed by atoms with van der Waals surface area (Å²) in [5.74, 6) is -0.120. The first-order chi connectivity index (χ1) is 12.1. The standard InChI is InChI=1S/C21H27N3O/c1-21(22,18-11-6-3-7-12-18)20(25)23-15-19-13-8-14-24(19)16-17-9-4-2-5-10-17/h2-7,9-12,19H,8,13-16,22H2,1H3,(H,23,25). The molecule has 1 fully saturated rings. The minimum Gasteiger partial charge on any atom is -0.353 e. The van der Waals surface area contributed by atoms with Crippen LogP contribution in [0.25, 0.3) is 0 Å². The van der Waals surface area contributed by atoms with Crippen LogP contribution in [0.1, 0.15) is 30.9 Å². The molecule has 2 atom stereocenters. The Labute approximate surface area is 150 Å². The van der Waals surface area contributed by atoms with Gasteiger partial charge in [-0.25, -0.2) is 0 Å². The fraction of sp³-hybridized carbons (Fsp3) is 0.381. The fourth-order valence-electron chi connectivity index (χ4n) is 3.46. The number of nitrogens with zero attached hydrogens (tertiary/aromatic N) is 1. The van der Waals surface area contributed by atoms with Crippen molar-refractivity contribution in [3.8, 4) is 0 Å². The molecular weight excluding hydrogens is 310 g/mol. The van der Waals surface area contributed by atoms with Crippen LogP contribution in [0.3, 0.4) is 0 Å². The quantitative estimate of drug-likeness (QED) is 0.852. The second-order valence-corrected chi connectivity index (χ2v) is 7.03. The van der Waals surface area contributed by atoms with Crippen molar-refractivity contribution in [1.82, 2.24) is 10.2 Å². The van der Waals surface area contributed by atoms with E-state index in [1.54, 1.807) is 6.92 Å². The van der Waals surface area contributed by atoms with Gasteiger partial charge in [-0.1, -0.05) is 60.7 Å². The van der Waals surface area contributed by atoms with Crippen molar-refractivity contribution in [3.63, 3.8) is 0 Å². The predicted octanol–water partition coefficient (Wildman–Crippen LogP) is 2.64. The van der Waals surface area contributed by atoms with Gasteiger partial charge >= 0.3 is 0 Å². The van der Waals surface area contributed by atoms with E-state index in [4.69, 9.17) is 5.73 Å². The molecule has 3 rings (SSSR count). The third kappa shape index (κ3) is 4.27. The maximum absolute atomic E-state index is 12.6. The molecule has 1 aliphatic rings. The van der Waals surface area contributed by atoms with Crippen LogP contribution in [0.5, 0.6) is 0 Å². The van der Waals surface area contributed by atoms with Gasteiger partial charge in [0.05, 0.1) is 0 Å². The molecule has 25 heavy (non-hydrogen) atoms. The first kappa shape index (κ1) is 17.6. The highest BCUT2D eigenvalue weighted by Crippen LogP contribution is 2.21. The molecular formula is C21H27N3O. The van der Waals surface area contributed by atoms with Crippen LogP contribution in [0.4, 0.5) is 0 Å². The van der Waals surface area contributed by atoms with Crippen molar-refractivity contribution < 1.29 is 4.79 Å². The molecule has 0 aromatic heterocycles. The Kier molecular flexibility index (Phi) is 5.51. The lowest BCUT2D eigenvalue weighted by atomic mass is 9.92. The van der Waals surface area contributed by atoms with Crippen molar-refractivity contribution >= 4 is 5.91 Å². The normalized spacial score (nSPS) is 20.2. The number of nitrogens with two attached hydrogens (primary N) is 1. The van der Waals surface area contributed by atoms with Crippen LogP contribution in [0.2, 0.25) is 0 Å². The van der Waals surface area contributed by atoms with Crippen LogP contribution in [-0.4, -0.2) is 29.9 Å². The summed E-state index contributed by atoms with van der Waals surface area (Å²) in [6.45, 7) is 4.42. The Bertz CT molecular complexity index is 685. The van der Waals surface area contributed by atoms with Crippen LogP contribution in [0.15, 0.2) is 60.7 Å². The van der Waals surface area contributed by atoms with Gasteiger partial charge in [-0.15, -0.1) is 0 Å². The minimum atomic E-state index is -1.01. The fourth-order valence-corrected chi connectivity index (χ4v) is 3.46. The third-order valence-electron chi connectivity index (χ3n) is 5.07. The average molecular weight is 337 g/mol. The van der Waals surface area contributed by atoms with E-state index in [9.17, 15) is 4.79 Å². The number of rotatable bonds is 6. The molecule has 1 heterocycles. The number of carbonyl (C=O) groups excluding carboxylic acids is 1. The molecule has 132 valence electrons. The lowest BCUT2D eigenvalue weighted by molar-refractivity contribution is -0.126. The largest absolute Gasteiger partial charge is 0.353 e. The topological polar surface area (TPSA) is 58.4 Å². The van der Waals surface area contributed by atoms with Crippen molar-refractivity contribution in [2.75, 3.05) is 13.1 Å². The highest BCUT2D eigenvalue weighted by atomic mass is 16.2. The zero-order valence-electron chi connectivity index (χ0n) is 14.8. The molecule has 4 nitrogen and oxygen atoms in total. The van der Waals surface area contributed by atoms with Crippen molar-refractivity contribution in [3.05, 3.63) is 71.8 Å². The van der Waals surface area contributed by atoms with Gasteiger partial charge in [-0.2, -0.15) is 0 Å². The third-order valence-corrected chi connectivity index (χ3v) is 5.07. The number of likely N-dealkylation sites (tertiary alicyclic amines) is 1. The van der Waals surface area contributed by atoms with Gasteiger partial charge in [0.1, 0.15) is 5.54 Å². The first-order valence-electron chi connectivity index (χ1n) is 8.98. The van der Waals surface area contributed by atoms with Crippen LogP contribution in [-0.2, 0) is 16.9 Å². The number of hydrogen-bond donors (Lipinski definition) is 2. The maximum Gasteiger partial charge on any atom is 0.244 e. The van der Waals surface area contributed by atoms with Crippen molar-refractivity contribution in [2.45, 2.75) is 37.9 Å². The lowest BCUT2D eigenvalue weighted by Crippen LogP contribution is -2.51. The SMILES string of the molecule is CC(N)(C(=O)NCC1CCCN1Cc1ccccc1)c1ccccc1. The van der Waals surface area contributed by atoms with Crippen molar-refractivity contribution in [2.24, 2.45) is 5.73 Å². The van der Waals surface area contributed by atoms with Gasteiger partial charge in [0.15, 0.2) is 0 Å². The maximum atomic E-state index is 12.6. The van der Waals surface area contributed by atoms with Gasteiger partial charge in [0.25, 0.3) is 0 Å². The molecule has 1 amide bonds. The summed E-state index contributed by atoms with van der Waals surface area (Å²) in [5, 5.41) is 3.07. The number of carbonyl (C=O) groups is 1. The molecule has 0 saturated carbocycles. The Hall–Kier alpha value is -2.17. The Morgan fingerprint density at radius 2 is 1.80 bits per heavy atom. The highest BCUT2D eigenvalue weighted by Gasteiger charge is 2.32. The summed E-state index contributed by atoms with van der Waals surface area (Å²) >= 11 is 0. The zero-order valence-corrected chi connectivity index (χ0v) is 14.8. The van der Waals surface area contributed by atoms with Crippen LogP contribution >= 0.6 is 0 Å². The van der Waals surface area contributed by atoms with E-state index < -0.39 is 5.54 Å². The van der Waals surface area contributed by atoms with E-state index in [2.05, 4.69) is 34.5 Å². The van der Waals surface area contributed by atoms with Gasteiger partial charge in [-0.05, 0) is 37.4 Å². The Morgan fingerprint density at radius 3 is 2.48 bits per heavy atom. The number of nitrogens with one attached hydrogen (secondary N) is 1. The van der Waals surface area contributed by atoms with Crippen molar-refractivity contribution in [1.29, 1.82) is 0 Å². The smallest absolute Gasteiger partial charge is 0.244 e. The Morgan fingerprint density at radius 1 is 1.16 bits per heavy atom. The summed E-state index contributed by atoms with van der Waals surface area (Å²) < 4.78 is 0. The van der Waals surface area contributed by atoms with Gasteiger partial charge < -0.3 is 11.1 Å². The van der Waals surface area contributed by atoms with E-state index in [0.717, 1.165) is 25.1 Å². The molecule has 0 spiro atoms. The molecule has 0 bridgehead atoms. The van der Waals surface area contributed by atoms with Gasteiger partial charge in [-0.3, -0.25) is 9.69 Å². The van der Waals surface area contributed by atoms with Gasteiger partial charge in [0.2, 0.25) is 5.91 Å². The predicted molar refractivity (Wildman–Crippen MR) is 101 cm³/mol.